The number of nitrogens with one attached hydrogen (secondary N) is 2. The molecule has 1 amide bonds. The summed E-state index contributed by atoms with van der Waals surface area (Å²) in [4.78, 5) is 29.4. The van der Waals surface area contributed by atoms with Crippen LogP contribution < -0.4 is 19.8 Å². The highest BCUT2D eigenvalue weighted by Crippen LogP contribution is 2.43. The molecule has 2 aliphatic rings. The van der Waals surface area contributed by atoms with Crippen molar-refractivity contribution in [2.75, 3.05) is 82.4 Å². The Hall–Kier alpha value is -2.66. The number of halogens is 2. The van der Waals surface area contributed by atoms with Crippen molar-refractivity contribution < 1.29 is 23.1 Å². The molecule has 0 bridgehead atoms. The van der Waals surface area contributed by atoms with Crippen LogP contribution in [-0.4, -0.2) is 80.4 Å². The zero-order chi connectivity index (χ0) is 28.0. The quantitative estimate of drug-likeness (QED) is 0.292. The van der Waals surface area contributed by atoms with Gasteiger partial charge in [-0.25, -0.2) is 18.8 Å². The van der Waals surface area contributed by atoms with E-state index in [1.54, 1.807) is 13.0 Å². The first kappa shape index (κ1) is 29.3. The second kappa shape index (κ2) is 12.7. The van der Waals surface area contributed by atoms with Gasteiger partial charge in [-0.2, -0.15) is 0 Å². The number of hydrogen-bond donors (Lipinski definition) is 2. The van der Waals surface area contributed by atoms with Crippen LogP contribution in [0.25, 0.3) is 0 Å². The van der Waals surface area contributed by atoms with Crippen LogP contribution in [0.5, 0.6) is 0 Å². The number of nitrogens with zero attached hydrogens (tertiary/aromatic N) is 2. The molecule has 0 spiro atoms. The summed E-state index contributed by atoms with van der Waals surface area (Å²) >= 11 is 1.25. The molecule has 2 fully saturated rings. The third-order valence-electron chi connectivity index (χ3n) is 7.06. The number of rotatable bonds is 9. The van der Waals surface area contributed by atoms with Crippen molar-refractivity contribution in [2.24, 2.45) is 0 Å². The van der Waals surface area contributed by atoms with E-state index in [1.165, 1.54) is 11.9 Å². The van der Waals surface area contributed by atoms with E-state index < -0.39 is 16.0 Å². The molecule has 2 aliphatic heterocycles. The van der Waals surface area contributed by atoms with Gasteiger partial charge in [0.25, 0.3) is 11.8 Å². The predicted molar refractivity (Wildman–Crippen MR) is 161 cm³/mol. The number of amides is 1. The number of benzene rings is 2. The summed E-state index contributed by atoms with van der Waals surface area (Å²) in [6.07, 6.45) is 4.36. The lowest BCUT2D eigenvalue weighted by Crippen LogP contribution is -2.39. The zero-order valence-electron chi connectivity index (χ0n) is 22.8. The summed E-state index contributed by atoms with van der Waals surface area (Å²) < 4.78 is 35.4. The second-order valence-electron chi connectivity index (χ2n) is 10.4. The van der Waals surface area contributed by atoms with Crippen molar-refractivity contribution >= 4 is 56.6 Å². The minimum absolute atomic E-state index is 0.167. The fourth-order valence-corrected chi connectivity index (χ4v) is 6.87. The number of ether oxygens (including phenoxy) is 1. The van der Waals surface area contributed by atoms with E-state index in [1.807, 2.05) is 41.3 Å². The molecule has 2 N–H and O–H groups in total. The highest BCUT2D eigenvalue weighted by molar-refractivity contribution is 8.32. The van der Waals surface area contributed by atoms with Gasteiger partial charge in [-0.1, -0.05) is 6.07 Å². The van der Waals surface area contributed by atoms with Gasteiger partial charge in [-0.3, -0.25) is 9.59 Å². The van der Waals surface area contributed by atoms with Crippen molar-refractivity contribution in [1.29, 1.82) is 0 Å². The first-order chi connectivity index (χ1) is 18.5. The molecular weight excluding hydrogens is 542 g/mol. The average molecular weight is 581 g/mol. The molecule has 2 aromatic rings. The largest absolute Gasteiger partial charge is 0.465 e. The molecule has 0 aromatic heterocycles. The summed E-state index contributed by atoms with van der Waals surface area (Å²) in [6.45, 7) is 4.43. The predicted octanol–water partition coefficient (Wildman–Crippen LogP) is 5.68. The lowest BCUT2D eigenvalue weighted by atomic mass is 10.1. The molecule has 0 saturated carbocycles. The van der Waals surface area contributed by atoms with Gasteiger partial charge in [0.05, 0.1) is 17.9 Å². The van der Waals surface area contributed by atoms with E-state index in [0.717, 1.165) is 41.7 Å². The summed E-state index contributed by atoms with van der Waals surface area (Å²) in [7, 11) is -0.632. The summed E-state index contributed by atoms with van der Waals surface area (Å²) in [6, 6.07) is 13.0. The molecule has 7 nitrogen and oxygen atoms in total. The standard InChI is InChI=1S/C28H38F2N4O3S2/c1-4-37-26(35)20-38-32-22-8-9-24(25(19-22)34-14-16-39(2,3)17-15-34)27(36)31-21-6-5-7-23(18-21)33-12-10-28(29,30)11-13-33/h5-9,18-19,32H,4,10-17,20H2,1-3H3,(H,31,36). The van der Waals surface area contributed by atoms with Crippen LogP contribution in [0.2, 0.25) is 0 Å². The molecule has 0 atom stereocenters. The number of anilines is 4. The van der Waals surface area contributed by atoms with Crippen molar-refractivity contribution in [2.45, 2.75) is 25.7 Å². The van der Waals surface area contributed by atoms with Crippen LogP contribution in [0, 0.1) is 0 Å². The molecule has 4 rings (SSSR count). The number of hydrogen-bond acceptors (Lipinski definition) is 7. The van der Waals surface area contributed by atoms with Gasteiger partial charge in [0, 0.05) is 56.1 Å². The molecule has 0 aliphatic carbocycles. The SMILES string of the molecule is CCOC(=O)CSNc1ccc(C(=O)Nc2cccc(N3CCC(F)(F)CC3)c2)c(N2CCS(C)(C)CC2)c1. The van der Waals surface area contributed by atoms with Crippen LogP contribution in [0.15, 0.2) is 42.5 Å². The Balaban J connectivity index is 1.50. The van der Waals surface area contributed by atoms with Crippen LogP contribution in [0.3, 0.4) is 0 Å². The van der Waals surface area contributed by atoms with Crippen molar-refractivity contribution in [3.63, 3.8) is 0 Å². The average Bonchev–Trinajstić information content (AvgIpc) is 2.89. The Morgan fingerprint density at radius 1 is 1.00 bits per heavy atom. The molecule has 0 radical (unpaired) electrons. The molecule has 39 heavy (non-hydrogen) atoms. The van der Waals surface area contributed by atoms with Crippen molar-refractivity contribution in [1.82, 2.24) is 0 Å². The third-order valence-corrected chi connectivity index (χ3v) is 10.4. The summed E-state index contributed by atoms with van der Waals surface area (Å²) in [5.74, 6) is -0.747. The highest BCUT2D eigenvalue weighted by atomic mass is 32.3. The molecule has 2 saturated heterocycles. The fraction of sp³-hybridized carbons (Fsp3) is 0.500. The zero-order valence-corrected chi connectivity index (χ0v) is 24.4. The minimum atomic E-state index is -2.61. The van der Waals surface area contributed by atoms with Gasteiger partial charge in [-0.05, 0) is 79.3 Å². The van der Waals surface area contributed by atoms with Crippen LogP contribution in [0.4, 0.5) is 31.5 Å². The van der Waals surface area contributed by atoms with Crippen molar-refractivity contribution in [3.05, 3.63) is 48.0 Å². The van der Waals surface area contributed by atoms with Gasteiger partial charge in [0.15, 0.2) is 0 Å². The molecule has 2 heterocycles. The number of carbonyl (C=O) groups excluding carboxylic acids is 2. The van der Waals surface area contributed by atoms with Crippen LogP contribution in [0.1, 0.15) is 30.1 Å². The van der Waals surface area contributed by atoms with Crippen LogP contribution in [-0.2, 0) is 9.53 Å². The first-order valence-electron chi connectivity index (χ1n) is 13.2. The van der Waals surface area contributed by atoms with E-state index in [2.05, 4.69) is 27.5 Å². The summed E-state index contributed by atoms with van der Waals surface area (Å²) in [5, 5.41) is 3.02. The lowest BCUT2D eigenvalue weighted by Gasteiger charge is -2.42. The van der Waals surface area contributed by atoms with Gasteiger partial charge >= 0.3 is 5.97 Å². The van der Waals surface area contributed by atoms with E-state index in [9.17, 15) is 18.4 Å². The Labute approximate surface area is 235 Å². The Morgan fingerprint density at radius 3 is 2.41 bits per heavy atom. The molecule has 11 heteroatoms. The van der Waals surface area contributed by atoms with Gasteiger partial charge in [0.1, 0.15) is 5.75 Å². The minimum Gasteiger partial charge on any atom is -0.465 e. The van der Waals surface area contributed by atoms with Crippen LogP contribution >= 0.6 is 22.0 Å². The van der Waals surface area contributed by atoms with Gasteiger partial charge < -0.3 is 24.6 Å². The smallest absolute Gasteiger partial charge is 0.317 e. The normalized spacial score (nSPS) is 19.2. The Kier molecular flexibility index (Phi) is 9.53. The molecule has 2 aromatic carbocycles. The maximum Gasteiger partial charge on any atom is 0.317 e. The molecule has 0 unspecified atom stereocenters. The summed E-state index contributed by atoms with van der Waals surface area (Å²) in [5.41, 5.74) is 3.66. The molecular formula is C28H38F2N4O3S2. The maximum atomic E-state index is 13.6. The second-order valence-corrected chi connectivity index (χ2v) is 15.6. The topological polar surface area (TPSA) is 73.9 Å². The van der Waals surface area contributed by atoms with E-state index >= 15 is 0 Å². The number of esters is 1. The first-order valence-corrected chi connectivity index (χ1v) is 17.0. The number of piperidine rings is 1. The third kappa shape index (κ3) is 8.17. The monoisotopic (exact) mass is 580 g/mol. The highest BCUT2D eigenvalue weighted by Gasteiger charge is 2.34. The maximum absolute atomic E-state index is 13.6. The van der Waals surface area contributed by atoms with Crippen molar-refractivity contribution in [3.8, 4) is 0 Å². The van der Waals surface area contributed by atoms with E-state index in [-0.39, 0.29) is 43.6 Å². The number of alkyl halides is 2. The Morgan fingerprint density at radius 2 is 1.72 bits per heavy atom. The fourth-order valence-electron chi connectivity index (χ4n) is 4.67. The van der Waals surface area contributed by atoms with Gasteiger partial charge in [0.2, 0.25) is 0 Å². The lowest BCUT2D eigenvalue weighted by molar-refractivity contribution is -0.139. The van der Waals surface area contributed by atoms with Gasteiger partial charge in [-0.15, -0.1) is 0 Å². The van der Waals surface area contributed by atoms with E-state index in [4.69, 9.17) is 4.74 Å². The van der Waals surface area contributed by atoms with E-state index in [0.29, 0.717) is 17.9 Å². The Bertz CT molecular complexity index is 1160. The molecule has 214 valence electrons. The number of carbonyl (C=O) groups is 2.